The first kappa shape index (κ1) is 14.1. The Hall–Kier alpha value is -1.33. The predicted molar refractivity (Wildman–Crippen MR) is 79.6 cm³/mol. The van der Waals surface area contributed by atoms with Crippen LogP contribution in [0.4, 0.5) is 0 Å². The summed E-state index contributed by atoms with van der Waals surface area (Å²) in [5.41, 5.74) is 2.26. The highest BCUT2D eigenvalue weighted by Crippen LogP contribution is 2.27. The lowest BCUT2D eigenvalue weighted by atomic mass is 10.2. The molecule has 0 bridgehead atoms. The van der Waals surface area contributed by atoms with E-state index in [2.05, 4.69) is 20.9 Å². The molecule has 5 heteroatoms. The van der Waals surface area contributed by atoms with Gasteiger partial charge in [0.15, 0.2) is 0 Å². The Morgan fingerprint density at radius 1 is 1.37 bits per heavy atom. The van der Waals surface area contributed by atoms with Crippen LogP contribution >= 0.6 is 27.7 Å². The van der Waals surface area contributed by atoms with Crippen LogP contribution in [-0.2, 0) is 5.75 Å². The molecule has 1 N–H and O–H groups in total. The molecule has 0 saturated carbocycles. The number of thioether (sulfide) groups is 1. The molecule has 0 amide bonds. The first-order valence-corrected chi connectivity index (χ1v) is 7.42. The lowest BCUT2D eigenvalue weighted by Crippen LogP contribution is -1.97. The second-order valence-electron chi connectivity index (χ2n) is 4.01. The average Bonchev–Trinajstić information content (AvgIpc) is 2.37. The Morgan fingerprint density at radius 2 is 2.16 bits per heavy atom. The van der Waals surface area contributed by atoms with Gasteiger partial charge in [-0.2, -0.15) is 0 Å². The maximum Gasteiger partial charge on any atom is 0.336 e. The Morgan fingerprint density at radius 3 is 2.84 bits per heavy atom. The molecule has 0 saturated heterocycles. The molecule has 2 rings (SSSR count). The second kappa shape index (κ2) is 6.21. The summed E-state index contributed by atoms with van der Waals surface area (Å²) >= 11 is 4.81. The molecular formula is C14H12BrNO2S. The van der Waals surface area contributed by atoms with Gasteiger partial charge in [-0.05, 0) is 53.2 Å². The molecule has 0 radical (unpaired) electrons. The summed E-state index contributed by atoms with van der Waals surface area (Å²) in [6.45, 7) is 1.95. The van der Waals surface area contributed by atoms with E-state index in [1.54, 1.807) is 23.9 Å². The minimum Gasteiger partial charge on any atom is -0.478 e. The van der Waals surface area contributed by atoms with Crippen LogP contribution in [0, 0.1) is 6.92 Å². The highest BCUT2D eigenvalue weighted by molar-refractivity contribution is 9.10. The van der Waals surface area contributed by atoms with E-state index in [1.165, 1.54) is 0 Å². The Bertz CT molecular complexity index is 616. The molecule has 0 spiro atoms. The summed E-state index contributed by atoms with van der Waals surface area (Å²) in [6, 6.07) is 11.2. The van der Waals surface area contributed by atoms with Crippen molar-refractivity contribution in [3.8, 4) is 0 Å². The van der Waals surface area contributed by atoms with Crippen molar-refractivity contribution in [3.05, 3.63) is 57.8 Å². The van der Waals surface area contributed by atoms with Crippen molar-refractivity contribution in [2.45, 2.75) is 17.6 Å². The third-order valence-corrected chi connectivity index (χ3v) is 4.22. The monoisotopic (exact) mass is 337 g/mol. The van der Waals surface area contributed by atoms with Crippen molar-refractivity contribution in [3.63, 3.8) is 0 Å². The van der Waals surface area contributed by atoms with Crippen LogP contribution in [0.25, 0.3) is 0 Å². The van der Waals surface area contributed by atoms with E-state index in [0.717, 1.165) is 22.0 Å². The second-order valence-corrected chi connectivity index (χ2v) is 5.91. The van der Waals surface area contributed by atoms with Crippen LogP contribution in [0.1, 0.15) is 21.7 Å². The largest absolute Gasteiger partial charge is 0.478 e. The van der Waals surface area contributed by atoms with E-state index < -0.39 is 5.97 Å². The summed E-state index contributed by atoms with van der Waals surface area (Å²) in [4.78, 5) is 16.4. The number of hydrogen-bond acceptors (Lipinski definition) is 3. The molecule has 0 aliphatic carbocycles. The summed E-state index contributed by atoms with van der Waals surface area (Å²) in [7, 11) is 0. The fourth-order valence-electron chi connectivity index (χ4n) is 1.60. The zero-order valence-electron chi connectivity index (χ0n) is 10.3. The molecule has 0 unspecified atom stereocenters. The molecule has 1 aromatic heterocycles. The molecule has 1 heterocycles. The van der Waals surface area contributed by atoms with Gasteiger partial charge in [-0.1, -0.05) is 6.07 Å². The maximum atomic E-state index is 11.0. The topological polar surface area (TPSA) is 50.2 Å². The van der Waals surface area contributed by atoms with Gasteiger partial charge in [-0.25, -0.2) is 4.79 Å². The SMILES string of the molecule is Cc1cccc(CSc2ccc(Br)c(C(=O)O)c2)n1. The molecule has 0 aliphatic rings. The number of aromatic carboxylic acids is 1. The minimum atomic E-state index is -0.928. The van der Waals surface area contributed by atoms with E-state index in [9.17, 15) is 4.79 Å². The predicted octanol–water partition coefficient (Wildman–Crippen LogP) is 4.14. The van der Waals surface area contributed by atoms with E-state index in [-0.39, 0.29) is 5.56 Å². The minimum absolute atomic E-state index is 0.280. The van der Waals surface area contributed by atoms with Gasteiger partial charge in [0, 0.05) is 20.8 Å². The zero-order chi connectivity index (χ0) is 13.8. The Kier molecular flexibility index (Phi) is 4.61. The number of halogens is 1. The normalized spacial score (nSPS) is 10.4. The van der Waals surface area contributed by atoms with Gasteiger partial charge < -0.3 is 5.11 Å². The lowest BCUT2D eigenvalue weighted by Gasteiger charge is -2.05. The number of carboxylic acids is 1. The van der Waals surface area contributed by atoms with Gasteiger partial charge in [0.25, 0.3) is 0 Å². The smallest absolute Gasteiger partial charge is 0.336 e. The average molecular weight is 338 g/mol. The van der Waals surface area contributed by atoms with Crippen LogP contribution in [0.3, 0.4) is 0 Å². The molecule has 0 atom stereocenters. The van der Waals surface area contributed by atoms with Crippen LogP contribution < -0.4 is 0 Å². The molecule has 1 aromatic carbocycles. The van der Waals surface area contributed by atoms with Gasteiger partial charge in [-0.3, -0.25) is 4.98 Å². The van der Waals surface area contributed by atoms with E-state index in [0.29, 0.717) is 4.47 Å². The molecule has 19 heavy (non-hydrogen) atoms. The molecular weight excluding hydrogens is 326 g/mol. The highest BCUT2D eigenvalue weighted by Gasteiger charge is 2.09. The number of nitrogens with zero attached hydrogens (tertiary/aromatic N) is 1. The van der Waals surface area contributed by atoms with Crippen molar-refractivity contribution in [2.24, 2.45) is 0 Å². The number of carboxylic acid groups (broad SMARTS) is 1. The Labute approximate surface area is 124 Å². The van der Waals surface area contributed by atoms with Crippen LogP contribution in [0.2, 0.25) is 0 Å². The van der Waals surface area contributed by atoms with Gasteiger partial charge in [0.05, 0.1) is 11.3 Å². The molecule has 98 valence electrons. The maximum absolute atomic E-state index is 11.0. The van der Waals surface area contributed by atoms with Crippen LogP contribution in [0.15, 0.2) is 45.8 Å². The third kappa shape index (κ3) is 3.81. The summed E-state index contributed by atoms with van der Waals surface area (Å²) in [5, 5.41) is 9.06. The van der Waals surface area contributed by atoms with E-state index >= 15 is 0 Å². The molecule has 0 aliphatic heterocycles. The quantitative estimate of drug-likeness (QED) is 0.851. The summed E-state index contributed by atoms with van der Waals surface area (Å²) in [5.74, 6) is -0.203. The van der Waals surface area contributed by atoms with Gasteiger partial charge in [-0.15, -0.1) is 11.8 Å². The molecule has 0 fully saturated rings. The van der Waals surface area contributed by atoms with Gasteiger partial charge in [0.2, 0.25) is 0 Å². The van der Waals surface area contributed by atoms with Gasteiger partial charge >= 0.3 is 5.97 Å². The number of pyridine rings is 1. The van der Waals surface area contributed by atoms with Crippen molar-refractivity contribution < 1.29 is 9.90 Å². The van der Waals surface area contributed by atoms with Gasteiger partial charge in [0.1, 0.15) is 0 Å². The standard InChI is InChI=1S/C14H12BrNO2S/c1-9-3-2-4-10(16-9)8-19-11-5-6-13(15)12(7-11)14(17)18/h2-7H,8H2,1H3,(H,17,18). The fraction of sp³-hybridized carbons (Fsp3) is 0.143. The van der Waals surface area contributed by atoms with Crippen LogP contribution in [0.5, 0.6) is 0 Å². The Balaban J connectivity index is 2.12. The third-order valence-electron chi connectivity index (χ3n) is 2.50. The summed E-state index contributed by atoms with van der Waals surface area (Å²) in [6.07, 6.45) is 0. The molecule has 3 nitrogen and oxygen atoms in total. The molecule has 2 aromatic rings. The van der Waals surface area contributed by atoms with Crippen molar-refractivity contribution >= 4 is 33.7 Å². The van der Waals surface area contributed by atoms with E-state index in [1.807, 2.05) is 31.2 Å². The zero-order valence-corrected chi connectivity index (χ0v) is 12.7. The van der Waals surface area contributed by atoms with Crippen molar-refractivity contribution in [2.75, 3.05) is 0 Å². The fourth-order valence-corrected chi connectivity index (χ4v) is 2.85. The number of aromatic nitrogens is 1. The number of aryl methyl sites for hydroxylation is 1. The highest BCUT2D eigenvalue weighted by atomic mass is 79.9. The van der Waals surface area contributed by atoms with E-state index in [4.69, 9.17) is 5.11 Å². The van der Waals surface area contributed by atoms with Crippen molar-refractivity contribution in [1.29, 1.82) is 0 Å². The lowest BCUT2D eigenvalue weighted by molar-refractivity contribution is 0.0695. The number of rotatable bonds is 4. The van der Waals surface area contributed by atoms with Crippen LogP contribution in [-0.4, -0.2) is 16.1 Å². The van der Waals surface area contributed by atoms with Crippen molar-refractivity contribution in [1.82, 2.24) is 4.98 Å². The number of carbonyl (C=O) groups is 1. The first-order valence-electron chi connectivity index (χ1n) is 5.64. The number of benzene rings is 1. The number of hydrogen-bond donors (Lipinski definition) is 1. The first-order chi connectivity index (χ1) is 9.06. The summed E-state index contributed by atoms with van der Waals surface area (Å²) < 4.78 is 0.595.